The Morgan fingerprint density at radius 1 is 1.07 bits per heavy atom. The number of aromatic nitrogens is 2. The van der Waals surface area contributed by atoms with Crippen LogP contribution < -0.4 is 4.74 Å². The Kier molecular flexibility index (Phi) is 5.68. The minimum Gasteiger partial charge on any atom is -0.488 e. The summed E-state index contributed by atoms with van der Waals surface area (Å²) in [6.45, 7) is 2.35. The average molecular weight is 463 g/mol. The molecule has 30 heavy (non-hydrogen) atoms. The van der Waals surface area contributed by atoms with Gasteiger partial charge in [-0.25, -0.2) is 9.78 Å². The van der Waals surface area contributed by atoms with Gasteiger partial charge in [0.2, 0.25) is 0 Å². The number of ether oxygens (including phenoxy) is 1. The zero-order valence-corrected chi connectivity index (χ0v) is 17.8. The van der Waals surface area contributed by atoms with Gasteiger partial charge in [0, 0.05) is 21.9 Å². The molecule has 2 heterocycles. The Balaban J connectivity index is 1.81. The molecule has 2 aromatic carbocycles. The van der Waals surface area contributed by atoms with E-state index in [4.69, 9.17) is 4.74 Å². The van der Waals surface area contributed by atoms with Crippen LogP contribution in [-0.4, -0.2) is 20.6 Å². The first kappa shape index (κ1) is 19.9. The molecule has 150 valence electrons. The molecule has 0 atom stereocenters. The van der Waals surface area contributed by atoms with Gasteiger partial charge >= 0.3 is 5.97 Å². The van der Waals surface area contributed by atoms with Crippen molar-refractivity contribution in [1.82, 2.24) is 9.55 Å². The molecule has 0 radical (unpaired) electrons. The first-order chi connectivity index (χ1) is 14.5. The largest absolute Gasteiger partial charge is 0.488 e. The fourth-order valence-electron chi connectivity index (χ4n) is 3.34. The number of aryl methyl sites for hydroxylation is 1. The van der Waals surface area contributed by atoms with Crippen LogP contribution in [0.2, 0.25) is 0 Å². The van der Waals surface area contributed by atoms with Crippen molar-refractivity contribution in [1.29, 1.82) is 0 Å². The Hall–Kier alpha value is -3.38. The van der Waals surface area contributed by atoms with Crippen LogP contribution in [0.1, 0.15) is 21.6 Å². The topological polar surface area (TPSA) is 64.4 Å². The second-order valence-corrected chi connectivity index (χ2v) is 7.71. The molecule has 0 unspecified atom stereocenters. The Labute approximate surface area is 182 Å². The van der Waals surface area contributed by atoms with E-state index < -0.39 is 5.97 Å². The van der Waals surface area contributed by atoms with Crippen molar-refractivity contribution in [3.8, 4) is 22.8 Å². The second kappa shape index (κ2) is 8.55. The Morgan fingerprint density at radius 3 is 2.63 bits per heavy atom. The molecule has 1 N–H and O–H groups in total. The molecule has 4 aromatic rings. The number of carboxylic acids is 1. The summed E-state index contributed by atoms with van der Waals surface area (Å²) in [5, 5.41) is 9.64. The number of halogens is 1. The smallest absolute Gasteiger partial charge is 0.339 e. The number of nitrogens with zero attached hydrogens (tertiary/aromatic N) is 2. The Morgan fingerprint density at radius 2 is 1.87 bits per heavy atom. The summed E-state index contributed by atoms with van der Waals surface area (Å²) in [7, 11) is 0. The van der Waals surface area contributed by atoms with Crippen molar-refractivity contribution in [2.24, 2.45) is 0 Å². The molecule has 0 spiro atoms. The molecule has 0 bridgehead atoms. The predicted molar refractivity (Wildman–Crippen MR) is 119 cm³/mol. The maximum Gasteiger partial charge on any atom is 0.339 e. The van der Waals surface area contributed by atoms with Gasteiger partial charge in [-0.2, -0.15) is 0 Å². The molecule has 0 amide bonds. The van der Waals surface area contributed by atoms with Crippen molar-refractivity contribution in [2.45, 2.75) is 13.5 Å². The minimum absolute atomic E-state index is 0.139. The van der Waals surface area contributed by atoms with E-state index in [9.17, 15) is 9.90 Å². The predicted octanol–water partition coefficient (Wildman–Crippen LogP) is 5.89. The lowest BCUT2D eigenvalue weighted by Crippen LogP contribution is -2.10. The first-order valence-corrected chi connectivity index (χ1v) is 10.2. The highest BCUT2D eigenvalue weighted by Crippen LogP contribution is 2.36. The number of carbonyl (C=O) groups is 1. The van der Waals surface area contributed by atoms with Crippen LogP contribution in [0, 0.1) is 6.92 Å². The quantitative estimate of drug-likeness (QED) is 0.388. The van der Waals surface area contributed by atoms with Gasteiger partial charge in [0.25, 0.3) is 0 Å². The molecular formula is C24H19BrN2O3. The Bertz CT molecular complexity index is 1200. The standard InChI is InChI=1S/C24H19BrN2O3/c1-16-9-11-21(27(16)23-19(24(28)29)8-5-13-26-23)20-14-18(25)10-12-22(20)30-15-17-6-3-2-4-7-17/h2-14H,15H2,1H3,(H,28,29). The lowest BCUT2D eigenvalue weighted by molar-refractivity contribution is 0.0696. The average Bonchev–Trinajstić information content (AvgIpc) is 3.14. The van der Waals surface area contributed by atoms with E-state index in [1.54, 1.807) is 18.3 Å². The first-order valence-electron chi connectivity index (χ1n) is 9.38. The zero-order chi connectivity index (χ0) is 21.1. The van der Waals surface area contributed by atoms with Gasteiger partial charge in [0.1, 0.15) is 17.9 Å². The number of carboxylic acid groups (broad SMARTS) is 1. The molecular weight excluding hydrogens is 444 g/mol. The van der Waals surface area contributed by atoms with Gasteiger partial charge < -0.3 is 9.84 Å². The summed E-state index contributed by atoms with van der Waals surface area (Å²) < 4.78 is 8.88. The highest BCUT2D eigenvalue weighted by molar-refractivity contribution is 9.10. The van der Waals surface area contributed by atoms with E-state index in [1.165, 1.54) is 0 Å². The van der Waals surface area contributed by atoms with Gasteiger partial charge in [-0.05, 0) is 55.0 Å². The van der Waals surface area contributed by atoms with E-state index >= 15 is 0 Å². The highest BCUT2D eigenvalue weighted by atomic mass is 79.9. The monoisotopic (exact) mass is 462 g/mol. The number of benzene rings is 2. The molecule has 0 aliphatic carbocycles. The fourth-order valence-corrected chi connectivity index (χ4v) is 3.70. The van der Waals surface area contributed by atoms with Gasteiger partial charge in [0.05, 0.1) is 5.69 Å². The van der Waals surface area contributed by atoms with Crippen LogP contribution in [0.15, 0.2) is 83.5 Å². The van der Waals surface area contributed by atoms with Crippen molar-refractivity contribution in [3.05, 3.63) is 100 Å². The lowest BCUT2D eigenvalue weighted by Gasteiger charge is -2.16. The van der Waals surface area contributed by atoms with Crippen LogP contribution in [-0.2, 0) is 6.61 Å². The third-order valence-electron chi connectivity index (χ3n) is 4.76. The maximum absolute atomic E-state index is 11.8. The van der Waals surface area contributed by atoms with Crippen molar-refractivity contribution < 1.29 is 14.6 Å². The number of pyridine rings is 1. The zero-order valence-electron chi connectivity index (χ0n) is 16.2. The van der Waals surface area contributed by atoms with E-state index in [-0.39, 0.29) is 5.56 Å². The molecule has 5 nitrogen and oxygen atoms in total. The normalized spacial score (nSPS) is 10.7. The summed E-state index contributed by atoms with van der Waals surface area (Å²) in [6.07, 6.45) is 1.60. The van der Waals surface area contributed by atoms with Crippen LogP contribution in [0.3, 0.4) is 0 Å². The second-order valence-electron chi connectivity index (χ2n) is 6.79. The summed E-state index contributed by atoms with van der Waals surface area (Å²) >= 11 is 3.54. The minimum atomic E-state index is -1.02. The third kappa shape index (κ3) is 4.00. The van der Waals surface area contributed by atoms with Gasteiger partial charge in [0.15, 0.2) is 5.82 Å². The molecule has 6 heteroatoms. The van der Waals surface area contributed by atoms with Crippen molar-refractivity contribution in [2.75, 3.05) is 0 Å². The molecule has 2 aromatic heterocycles. The number of hydrogen-bond donors (Lipinski definition) is 1. The van der Waals surface area contributed by atoms with E-state index in [2.05, 4.69) is 20.9 Å². The molecule has 0 saturated heterocycles. The fraction of sp³-hybridized carbons (Fsp3) is 0.0833. The third-order valence-corrected chi connectivity index (χ3v) is 5.25. The van der Waals surface area contributed by atoms with Crippen LogP contribution >= 0.6 is 15.9 Å². The van der Waals surface area contributed by atoms with E-state index in [0.29, 0.717) is 18.2 Å². The maximum atomic E-state index is 11.8. The van der Waals surface area contributed by atoms with Gasteiger partial charge in [-0.3, -0.25) is 4.57 Å². The van der Waals surface area contributed by atoms with Crippen LogP contribution in [0.25, 0.3) is 17.1 Å². The number of rotatable bonds is 6. The molecule has 0 fully saturated rings. The molecule has 0 aliphatic heterocycles. The van der Waals surface area contributed by atoms with Crippen LogP contribution in [0.5, 0.6) is 5.75 Å². The molecule has 0 aliphatic rings. The summed E-state index contributed by atoms with van der Waals surface area (Å²) in [6, 6.07) is 22.8. The summed E-state index contributed by atoms with van der Waals surface area (Å²) in [4.78, 5) is 16.1. The highest BCUT2D eigenvalue weighted by Gasteiger charge is 2.19. The van der Waals surface area contributed by atoms with Crippen molar-refractivity contribution in [3.63, 3.8) is 0 Å². The van der Waals surface area contributed by atoms with Gasteiger partial charge in [-0.1, -0.05) is 46.3 Å². The number of aromatic carboxylic acids is 1. The SMILES string of the molecule is Cc1ccc(-c2cc(Br)ccc2OCc2ccccc2)n1-c1ncccc1C(=O)O. The molecule has 4 rings (SSSR count). The van der Waals surface area contributed by atoms with Crippen molar-refractivity contribution >= 4 is 21.9 Å². The van der Waals surface area contributed by atoms with Gasteiger partial charge in [-0.15, -0.1) is 0 Å². The van der Waals surface area contributed by atoms with E-state index in [1.807, 2.05) is 72.2 Å². The lowest BCUT2D eigenvalue weighted by atomic mass is 10.1. The summed E-state index contributed by atoms with van der Waals surface area (Å²) in [5.41, 5.74) is 3.73. The summed E-state index contributed by atoms with van der Waals surface area (Å²) in [5.74, 6) is 0.0534. The van der Waals surface area contributed by atoms with E-state index in [0.717, 1.165) is 27.0 Å². The molecule has 0 saturated carbocycles. The van der Waals surface area contributed by atoms with Crippen LogP contribution in [0.4, 0.5) is 0 Å². The number of hydrogen-bond acceptors (Lipinski definition) is 3.